The first-order valence-electron chi connectivity index (χ1n) is 5.08. The Morgan fingerprint density at radius 3 is 2.81 bits per heavy atom. The number of nitrogens with zero attached hydrogens (tertiary/aromatic N) is 1. The minimum Gasteiger partial charge on any atom is -0.382 e. The second-order valence-corrected chi connectivity index (χ2v) is 4.36. The van der Waals surface area contributed by atoms with E-state index >= 15 is 0 Å². The number of ether oxygens (including phenoxy) is 2. The minimum absolute atomic E-state index is 0.0264. The molecule has 0 aromatic carbocycles. The molecule has 0 bridgehead atoms. The molecule has 0 aliphatic carbocycles. The van der Waals surface area contributed by atoms with Crippen LogP contribution in [0.4, 0.5) is 0 Å². The number of pyridine rings is 1. The maximum atomic E-state index is 11.7. The average Bonchev–Trinajstić information content (AvgIpc) is 2.24. The van der Waals surface area contributed by atoms with Gasteiger partial charge < -0.3 is 14.0 Å². The molecule has 4 nitrogen and oxygen atoms in total. The van der Waals surface area contributed by atoms with Crippen molar-refractivity contribution in [2.24, 2.45) is 0 Å². The van der Waals surface area contributed by atoms with E-state index in [1.54, 1.807) is 24.8 Å². The Morgan fingerprint density at radius 1 is 1.38 bits per heavy atom. The van der Waals surface area contributed by atoms with Gasteiger partial charge >= 0.3 is 0 Å². The average molecular weight is 290 g/mol. The number of hydrogen-bond acceptors (Lipinski definition) is 3. The van der Waals surface area contributed by atoms with Crippen molar-refractivity contribution in [3.8, 4) is 0 Å². The Labute approximate surface area is 103 Å². The van der Waals surface area contributed by atoms with Gasteiger partial charge in [-0.15, -0.1) is 0 Å². The van der Waals surface area contributed by atoms with Crippen LogP contribution < -0.4 is 5.56 Å². The summed E-state index contributed by atoms with van der Waals surface area (Å²) in [6.45, 7) is 4.00. The smallest absolute Gasteiger partial charge is 0.253 e. The molecule has 1 rings (SSSR count). The van der Waals surface area contributed by atoms with Crippen LogP contribution in [0.2, 0.25) is 0 Å². The Morgan fingerprint density at radius 2 is 2.12 bits per heavy atom. The number of aryl methyl sites for hydroxylation is 1. The zero-order chi connectivity index (χ0) is 12.0. The van der Waals surface area contributed by atoms with E-state index in [1.807, 2.05) is 6.07 Å². The Balaban J connectivity index is 2.51. The fourth-order valence-corrected chi connectivity index (χ4v) is 1.90. The Hall–Kier alpha value is -0.650. The van der Waals surface area contributed by atoms with E-state index in [9.17, 15) is 4.79 Å². The molecule has 0 radical (unpaired) electrons. The van der Waals surface area contributed by atoms with E-state index in [2.05, 4.69) is 15.9 Å². The van der Waals surface area contributed by atoms with Gasteiger partial charge in [-0.3, -0.25) is 4.79 Å². The third-order valence-corrected chi connectivity index (χ3v) is 2.57. The zero-order valence-electron chi connectivity index (χ0n) is 9.53. The van der Waals surface area contributed by atoms with Crippen molar-refractivity contribution in [1.82, 2.24) is 4.57 Å². The van der Waals surface area contributed by atoms with Crippen LogP contribution in [-0.2, 0) is 16.0 Å². The molecule has 0 aliphatic rings. The first-order chi connectivity index (χ1) is 7.65. The maximum absolute atomic E-state index is 11.7. The molecular formula is C11H16BrNO3. The van der Waals surface area contributed by atoms with Crippen LogP contribution in [-0.4, -0.2) is 31.5 Å². The maximum Gasteiger partial charge on any atom is 0.253 e. The van der Waals surface area contributed by atoms with Crippen LogP contribution in [0.3, 0.4) is 0 Å². The van der Waals surface area contributed by atoms with E-state index < -0.39 is 0 Å². The van der Waals surface area contributed by atoms with Crippen LogP contribution in [0.5, 0.6) is 0 Å². The van der Waals surface area contributed by atoms with Gasteiger partial charge in [-0.05, 0) is 28.9 Å². The van der Waals surface area contributed by atoms with E-state index in [4.69, 9.17) is 9.47 Å². The Kier molecular flexibility index (Phi) is 5.73. The molecule has 0 fully saturated rings. The Bertz CT molecular complexity index is 389. The van der Waals surface area contributed by atoms with Crippen LogP contribution in [0.15, 0.2) is 21.5 Å². The van der Waals surface area contributed by atoms with E-state index in [0.717, 1.165) is 10.0 Å². The number of aromatic nitrogens is 1. The number of halogens is 1. The highest BCUT2D eigenvalue weighted by Crippen LogP contribution is 2.07. The molecule has 16 heavy (non-hydrogen) atoms. The summed E-state index contributed by atoms with van der Waals surface area (Å²) in [6.07, 6.45) is 1.77. The molecule has 5 heteroatoms. The molecule has 1 aromatic heterocycles. The standard InChI is InChI=1S/C11H16BrNO3/c1-9-7-10(12)8-13(11(9)14)3-4-16-6-5-15-2/h7-8H,3-6H2,1-2H3. The van der Waals surface area contributed by atoms with Gasteiger partial charge in [-0.1, -0.05) is 0 Å². The molecular weight excluding hydrogens is 274 g/mol. The largest absolute Gasteiger partial charge is 0.382 e. The zero-order valence-corrected chi connectivity index (χ0v) is 11.1. The highest BCUT2D eigenvalue weighted by atomic mass is 79.9. The van der Waals surface area contributed by atoms with Gasteiger partial charge in [-0.2, -0.15) is 0 Å². The molecule has 90 valence electrons. The van der Waals surface area contributed by atoms with Crippen molar-refractivity contribution >= 4 is 15.9 Å². The summed E-state index contributed by atoms with van der Waals surface area (Å²) >= 11 is 3.36. The summed E-state index contributed by atoms with van der Waals surface area (Å²) in [5.41, 5.74) is 0.754. The van der Waals surface area contributed by atoms with E-state index in [1.165, 1.54) is 0 Å². The number of rotatable bonds is 6. The first-order valence-corrected chi connectivity index (χ1v) is 5.87. The van der Waals surface area contributed by atoms with Crippen molar-refractivity contribution in [2.75, 3.05) is 26.9 Å². The van der Waals surface area contributed by atoms with Crippen molar-refractivity contribution in [2.45, 2.75) is 13.5 Å². The second-order valence-electron chi connectivity index (χ2n) is 3.45. The molecule has 0 unspecified atom stereocenters. The lowest BCUT2D eigenvalue weighted by atomic mass is 10.3. The lowest BCUT2D eigenvalue weighted by Gasteiger charge is -2.08. The van der Waals surface area contributed by atoms with Crippen LogP contribution in [0.25, 0.3) is 0 Å². The van der Waals surface area contributed by atoms with Crippen LogP contribution >= 0.6 is 15.9 Å². The third kappa shape index (κ3) is 4.08. The second kappa shape index (κ2) is 6.83. The summed E-state index contributed by atoms with van der Waals surface area (Å²) in [5, 5.41) is 0. The quantitative estimate of drug-likeness (QED) is 0.747. The van der Waals surface area contributed by atoms with Gasteiger partial charge in [0.1, 0.15) is 0 Å². The predicted molar refractivity (Wildman–Crippen MR) is 65.8 cm³/mol. The van der Waals surface area contributed by atoms with Gasteiger partial charge in [0.15, 0.2) is 0 Å². The summed E-state index contributed by atoms with van der Waals surface area (Å²) in [6, 6.07) is 1.81. The lowest BCUT2D eigenvalue weighted by molar-refractivity contribution is 0.0662. The lowest BCUT2D eigenvalue weighted by Crippen LogP contribution is -2.24. The molecule has 0 N–H and O–H groups in total. The van der Waals surface area contributed by atoms with Crippen molar-refractivity contribution in [3.05, 3.63) is 32.7 Å². The molecule has 0 amide bonds. The van der Waals surface area contributed by atoms with Crippen molar-refractivity contribution in [1.29, 1.82) is 0 Å². The minimum atomic E-state index is 0.0264. The van der Waals surface area contributed by atoms with Crippen LogP contribution in [0, 0.1) is 6.92 Å². The van der Waals surface area contributed by atoms with Gasteiger partial charge in [0.05, 0.1) is 19.8 Å². The molecule has 1 aromatic rings. The number of methoxy groups -OCH3 is 1. The van der Waals surface area contributed by atoms with Gasteiger partial charge in [0, 0.05) is 29.9 Å². The summed E-state index contributed by atoms with van der Waals surface area (Å²) in [5.74, 6) is 0. The van der Waals surface area contributed by atoms with Gasteiger partial charge in [0.25, 0.3) is 5.56 Å². The first kappa shape index (κ1) is 13.4. The normalized spacial score (nSPS) is 10.7. The summed E-state index contributed by atoms with van der Waals surface area (Å²) in [7, 11) is 1.63. The van der Waals surface area contributed by atoms with Crippen molar-refractivity contribution < 1.29 is 9.47 Å². The molecule has 0 saturated heterocycles. The molecule has 0 spiro atoms. The highest BCUT2D eigenvalue weighted by molar-refractivity contribution is 9.10. The molecule has 0 saturated carbocycles. The summed E-state index contributed by atoms with van der Waals surface area (Å²) < 4.78 is 12.7. The van der Waals surface area contributed by atoms with Gasteiger partial charge in [0.2, 0.25) is 0 Å². The number of hydrogen-bond donors (Lipinski definition) is 0. The monoisotopic (exact) mass is 289 g/mol. The van der Waals surface area contributed by atoms with E-state index in [0.29, 0.717) is 26.4 Å². The topological polar surface area (TPSA) is 40.5 Å². The predicted octanol–water partition coefficient (Wildman–Crippen LogP) is 1.58. The van der Waals surface area contributed by atoms with E-state index in [-0.39, 0.29) is 5.56 Å². The SMILES string of the molecule is COCCOCCn1cc(Br)cc(C)c1=O. The van der Waals surface area contributed by atoms with Crippen molar-refractivity contribution in [3.63, 3.8) is 0 Å². The van der Waals surface area contributed by atoms with Crippen LogP contribution in [0.1, 0.15) is 5.56 Å². The summed E-state index contributed by atoms with van der Waals surface area (Å²) in [4.78, 5) is 11.7. The third-order valence-electron chi connectivity index (χ3n) is 2.14. The highest BCUT2D eigenvalue weighted by Gasteiger charge is 2.01. The fourth-order valence-electron chi connectivity index (χ4n) is 1.31. The molecule has 0 aliphatic heterocycles. The van der Waals surface area contributed by atoms with Gasteiger partial charge in [-0.25, -0.2) is 0 Å². The molecule has 1 heterocycles. The fraction of sp³-hybridized carbons (Fsp3) is 0.545. The molecule has 0 atom stereocenters.